The predicted octanol–water partition coefficient (Wildman–Crippen LogP) is 1.46. The van der Waals surface area contributed by atoms with Crippen LogP contribution in [-0.2, 0) is 9.84 Å². The van der Waals surface area contributed by atoms with Crippen LogP contribution < -0.4 is 0 Å². The largest absolute Gasteiger partial charge is 0.478 e. The van der Waals surface area contributed by atoms with Crippen molar-refractivity contribution >= 4 is 39.0 Å². The van der Waals surface area contributed by atoms with Crippen molar-refractivity contribution in [3.8, 4) is 0 Å². The molecule has 0 unspecified atom stereocenters. The van der Waals surface area contributed by atoms with E-state index < -0.39 is 28.2 Å². The van der Waals surface area contributed by atoms with Crippen LogP contribution in [0.1, 0.15) is 10.4 Å². The van der Waals surface area contributed by atoms with Gasteiger partial charge in [0.1, 0.15) is 0 Å². The minimum Gasteiger partial charge on any atom is -0.478 e. The lowest BCUT2D eigenvalue weighted by molar-refractivity contribution is 0.0697. The molecule has 0 spiro atoms. The Labute approximate surface area is 108 Å². The zero-order chi connectivity index (χ0) is 13.2. The van der Waals surface area contributed by atoms with Gasteiger partial charge >= 0.3 is 5.97 Å². The molecule has 5 nitrogen and oxygen atoms in total. The average molecular weight is 299 g/mol. The number of carboxylic acid groups (broad SMARTS) is 1. The summed E-state index contributed by atoms with van der Waals surface area (Å²) in [6.07, 6.45) is 0. The lowest BCUT2D eigenvalue weighted by atomic mass is 10.2. The first kappa shape index (κ1) is 14.2. The minimum atomic E-state index is -3.82. The van der Waals surface area contributed by atoms with Crippen LogP contribution in [0.4, 0.5) is 0 Å². The molecule has 0 radical (unpaired) electrons. The fourth-order valence-corrected chi connectivity index (χ4v) is 3.09. The van der Waals surface area contributed by atoms with Crippen LogP contribution in [0.2, 0.25) is 10.0 Å². The number of carboxylic acids is 1. The van der Waals surface area contributed by atoms with Gasteiger partial charge in [-0.15, -0.1) is 0 Å². The smallest absolute Gasteiger partial charge is 0.337 e. The van der Waals surface area contributed by atoms with Crippen molar-refractivity contribution in [2.75, 3.05) is 12.4 Å². The average Bonchev–Trinajstić information content (AvgIpc) is 2.15. The highest BCUT2D eigenvalue weighted by atomic mass is 35.5. The summed E-state index contributed by atoms with van der Waals surface area (Å²) in [5.41, 5.74) is -0.354. The van der Waals surface area contributed by atoms with Crippen molar-refractivity contribution in [2.24, 2.45) is 0 Å². The van der Waals surface area contributed by atoms with Crippen LogP contribution in [0.25, 0.3) is 0 Å². The third kappa shape index (κ3) is 3.10. The summed E-state index contributed by atoms with van der Waals surface area (Å²) in [4.78, 5) is 10.4. The number of sulfone groups is 1. The Morgan fingerprint density at radius 3 is 2.29 bits per heavy atom. The maximum absolute atomic E-state index is 11.7. The van der Waals surface area contributed by atoms with Crippen LogP contribution in [0, 0.1) is 0 Å². The molecular formula is C9H8Cl2O5S. The molecule has 1 aromatic carbocycles. The van der Waals surface area contributed by atoms with Crippen LogP contribution in [0.15, 0.2) is 17.0 Å². The second-order valence-electron chi connectivity index (χ2n) is 3.11. The van der Waals surface area contributed by atoms with Gasteiger partial charge in [-0.05, 0) is 12.1 Å². The third-order valence-corrected chi connectivity index (χ3v) is 4.41. The Morgan fingerprint density at radius 1 is 1.24 bits per heavy atom. The van der Waals surface area contributed by atoms with E-state index in [1.807, 2.05) is 0 Å². The molecule has 94 valence electrons. The highest BCUT2D eigenvalue weighted by Crippen LogP contribution is 2.29. The Bertz CT molecular complexity index is 553. The number of benzene rings is 1. The summed E-state index contributed by atoms with van der Waals surface area (Å²) in [6, 6.07) is 1.94. The normalized spacial score (nSPS) is 11.5. The Hall–Kier alpha value is -0.820. The number of aliphatic hydroxyl groups is 1. The van der Waals surface area contributed by atoms with E-state index in [1.54, 1.807) is 0 Å². The summed E-state index contributed by atoms with van der Waals surface area (Å²) in [5, 5.41) is 17.1. The third-order valence-electron chi connectivity index (χ3n) is 1.95. The molecule has 17 heavy (non-hydrogen) atoms. The van der Waals surface area contributed by atoms with Crippen molar-refractivity contribution in [1.29, 1.82) is 0 Å². The van der Waals surface area contributed by atoms with Gasteiger partial charge in [0.2, 0.25) is 0 Å². The molecule has 0 bridgehead atoms. The molecule has 1 rings (SSSR count). The first-order valence-corrected chi connectivity index (χ1v) is 6.76. The lowest BCUT2D eigenvalue weighted by Gasteiger charge is -2.07. The standard InChI is InChI=1S/C9H8Cl2O5S/c10-6-4-7(11)8(3-5(6)9(13)14)17(15,16)2-1-12/h3-4,12H,1-2H2,(H,13,14). The molecule has 2 N–H and O–H groups in total. The fourth-order valence-electron chi connectivity index (χ4n) is 1.16. The van der Waals surface area contributed by atoms with Crippen molar-refractivity contribution in [3.05, 3.63) is 27.7 Å². The van der Waals surface area contributed by atoms with Gasteiger partial charge in [-0.3, -0.25) is 0 Å². The SMILES string of the molecule is O=C(O)c1cc(S(=O)(=O)CCO)c(Cl)cc1Cl. The summed E-state index contributed by atoms with van der Waals surface area (Å²) >= 11 is 11.3. The number of carbonyl (C=O) groups is 1. The number of rotatable bonds is 4. The van der Waals surface area contributed by atoms with Crippen LogP contribution in [0.3, 0.4) is 0 Å². The zero-order valence-electron chi connectivity index (χ0n) is 8.35. The molecule has 0 aromatic heterocycles. The van der Waals surface area contributed by atoms with E-state index in [0.717, 1.165) is 12.1 Å². The Kier molecular flexibility index (Phi) is 4.37. The second-order valence-corrected chi connectivity index (χ2v) is 6.00. The van der Waals surface area contributed by atoms with Gasteiger partial charge in [0.15, 0.2) is 9.84 Å². The molecule has 0 aliphatic carbocycles. The summed E-state index contributed by atoms with van der Waals surface area (Å²) in [7, 11) is -3.82. The van der Waals surface area contributed by atoms with E-state index in [4.69, 9.17) is 33.4 Å². The molecule has 1 aromatic rings. The maximum atomic E-state index is 11.7. The molecule has 0 atom stereocenters. The Morgan fingerprint density at radius 2 is 1.82 bits per heavy atom. The van der Waals surface area contributed by atoms with Crippen LogP contribution >= 0.6 is 23.2 Å². The van der Waals surface area contributed by atoms with Gasteiger partial charge in [-0.25, -0.2) is 13.2 Å². The molecular weight excluding hydrogens is 291 g/mol. The van der Waals surface area contributed by atoms with E-state index in [0.29, 0.717) is 0 Å². The van der Waals surface area contributed by atoms with Crippen molar-refractivity contribution in [1.82, 2.24) is 0 Å². The topological polar surface area (TPSA) is 91.7 Å². The molecule has 0 saturated heterocycles. The molecule has 0 aliphatic heterocycles. The van der Waals surface area contributed by atoms with Gasteiger partial charge < -0.3 is 10.2 Å². The lowest BCUT2D eigenvalue weighted by Crippen LogP contribution is -2.12. The van der Waals surface area contributed by atoms with Crippen molar-refractivity contribution in [2.45, 2.75) is 4.90 Å². The Balaban J connectivity index is 3.45. The van der Waals surface area contributed by atoms with E-state index >= 15 is 0 Å². The zero-order valence-corrected chi connectivity index (χ0v) is 10.7. The van der Waals surface area contributed by atoms with E-state index in [2.05, 4.69) is 0 Å². The van der Waals surface area contributed by atoms with Gasteiger partial charge in [-0.2, -0.15) is 0 Å². The highest BCUT2D eigenvalue weighted by molar-refractivity contribution is 7.91. The quantitative estimate of drug-likeness (QED) is 0.878. The molecule has 0 saturated carbocycles. The first-order chi connectivity index (χ1) is 7.79. The van der Waals surface area contributed by atoms with Gasteiger partial charge in [0, 0.05) is 0 Å². The number of hydrogen-bond acceptors (Lipinski definition) is 4. The van der Waals surface area contributed by atoms with Crippen LogP contribution in [-0.4, -0.2) is 37.0 Å². The van der Waals surface area contributed by atoms with Crippen molar-refractivity contribution in [3.63, 3.8) is 0 Å². The number of aromatic carboxylic acids is 1. The summed E-state index contributed by atoms with van der Waals surface area (Å²) < 4.78 is 23.3. The minimum absolute atomic E-state index is 0.148. The summed E-state index contributed by atoms with van der Waals surface area (Å²) in [5.74, 6) is -1.89. The van der Waals surface area contributed by atoms with E-state index in [-0.39, 0.29) is 20.5 Å². The predicted molar refractivity (Wildman–Crippen MR) is 62.6 cm³/mol. The monoisotopic (exact) mass is 298 g/mol. The van der Waals surface area contributed by atoms with Gasteiger partial charge in [-0.1, -0.05) is 23.2 Å². The maximum Gasteiger partial charge on any atom is 0.337 e. The molecule has 8 heteroatoms. The summed E-state index contributed by atoms with van der Waals surface area (Å²) in [6.45, 7) is -0.580. The molecule has 0 heterocycles. The van der Waals surface area contributed by atoms with Crippen molar-refractivity contribution < 1.29 is 23.4 Å². The molecule has 0 fully saturated rings. The van der Waals surface area contributed by atoms with Gasteiger partial charge in [0.05, 0.1) is 32.9 Å². The molecule has 0 aliphatic rings. The van der Waals surface area contributed by atoms with Gasteiger partial charge in [0.25, 0.3) is 0 Å². The number of hydrogen-bond donors (Lipinski definition) is 2. The fraction of sp³-hybridized carbons (Fsp3) is 0.222. The number of aliphatic hydroxyl groups excluding tert-OH is 1. The highest BCUT2D eigenvalue weighted by Gasteiger charge is 2.21. The van der Waals surface area contributed by atoms with E-state index in [1.165, 1.54) is 0 Å². The first-order valence-electron chi connectivity index (χ1n) is 4.35. The number of halogens is 2. The second kappa shape index (κ2) is 5.22. The molecule has 0 amide bonds. The van der Waals surface area contributed by atoms with Crippen LogP contribution in [0.5, 0.6) is 0 Å². The van der Waals surface area contributed by atoms with E-state index in [9.17, 15) is 13.2 Å².